The van der Waals surface area contributed by atoms with Crippen LogP contribution in [-0.2, 0) is 0 Å². The summed E-state index contributed by atoms with van der Waals surface area (Å²) in [6.07, 6.45) is 0. The quantitative estimate of drug-likeness (QED) is 0.811. The number of phenols is 1. The number of nitrogen functional groups attached to an aromatic ring is 1. The highest BCUT2D eigenvalue weighted by Crippen LogP contribution is 2.25. The van der Waals surface area contributed by atoms with Gasteiger partial charge in [-0.25, -0.2) is 0 Å². The zero-order valence-corrected chi connectivity index (χ0v) is 10.9. The number of hydrogen-bond donors (Lipinski definition) is 2. The van der Waals surface area contributed by atoms with Crippen molar-refractivity contribution in [2.24, 2.45) is 0 Å². The first-order valence-electron chi connectivity index (χ1n) is 5.93. The molecule has 3 N–H and O–H groups in total. The van der Waals surface area contributed by atoms with Crippen LogP contribution in [0.15, 0.2) is 42.5 Å². The van der Waals surface area contributed by atoms with Crippen molar-refractivity contribution in [1.82, 2.24) is 0 Å². The fourth-order valence-corrected chi connectivity index (χ4v) is 1.86. The Hall–Kier alpha value is -2.49. The zero-order chi connectivity index (χ0) is 14.0. The van der Waals surface area contributed by atoms with Crippen molar-refractivity contribution in [3.05, 3.63) is 53.6 Å². The van der Waals surface area contributed by atoms with E-state index in [2.05, 4.69) is 0 Å². The van der Waals surface area contributed by atoms with Gasteiger partial charge in [-0.1, -0.05) is 18.2 Å². The third-order valence-corrected chi connectivity index (χ3v) is 3.03. The molecule has 2 rings (SSSR count). The van der Waals surface area contributed by atoms with Crippen molar-refractivity contribution < 1.29 is 9.90 Å². The molecule has 0 heterocycles. The Morgan fingerprint density at radius 2 is 1.89 bits per heavy atom. The maximum absolute atomic E-state index is 12.4. The smallest absolute Gasteiger partial charge is 0.261 e. The van der Waals surface area contributed by atoms with E-state index >= 15 is 0 Å². The van der Waals surface area contributed by atoms with Gasteiger partial charge in [-0.3, -0.25) is 4.79 Å². The summed E-state index contributed by atoms with van der Waals surface area (Å²) in [6.45, 7) is 1.76. The van der Waals surface area contributed by atoms with Gasteiger partial charge in [0, 0.05) is 18.4 Å². The molecule has 0 aliphatic rings. The minimum atomic E-state index is -0.271. The summed E-state index contributed by atoms with van der Waals surface area (Å²) in [5.74, 6) is -0.255. The Kier molecular flexibility index (Phi) is 3.42. The Labute approximate surface area is 112 Å². The van der Waals surface area contributed by atoms with Gasteiger partial charge >= 0.3 is 0 Å². The number of hydrogen-bond acceptors (Lipinski definition) is 3. The number of aryl methyl sites for hydroxylation is 1. The SMILES string of the molecule is Cc1cccc(C(=O)N(C)c2cccc(N)c2)c1O. The number of aromatic hydroxyl groups is 1. The van der Waals surface area contributed by atoms with E-state index in [9.17, 15) is 9.90 Å². The van der Waals surface area contributed by atoms with Crippen LogP contribution in [0.3, 0.4) is 0 Å². The molecule has 0 saturated heterocycles. The van der Waals surface area contributed by atoms with Crippen LogP contribution in [0.2, 0.25) is 0 Å². The summed E-state index contributed by atoms with van der Waals surface area (Å²) in [5, 5.41) is 9.95. The van der Waals surface area contributed by atoms with Crippen LogP contribution in [0, 0.1) is 6.92 Å². The minimum Gasteiger partial charge on any atom is -0.507 e. The number of carbonyl (C=O) groups is 1. The van der Waals surface area contributed by atoms with Crippen LogP contribution in [0.25, 0.3) is 0 Å². The average Bonchev–Trinajstić information content (AvgIpc) is 2.40. The molecule has 1 amide bonds. The van der Waals surface area contributed by atoms with Gasteiger partial charge in [0.05, 0.1) is 5.56 Å². The van der Waals surface area contributed by atoms with Gasteiger partial charge < -0.3 is 15.7 Å². The van der Waals surface area contributed by atoms with Crippen molar-refractivity contribution >= 4 is 17.3 Å². The molecule has 0 atom stereocenters. The molecule has 0 unspecified atom stereocenters. The van der Waals surface area contributed by atoms with E-state index in [-0.39, 0.29) is 17.2 Å². The lowest BCUT2D eigenvalue weighted by Gasteiger charge is -2.18. The molecule has 4 heteroatoms. The number of benzene rings is 2. The van der Waals surface area contributed by atoms with Crippen molar-refractivity contribution in [2.45, 2.75) is 6.92 Å². The molecule has 0 aromatic heterocycles. The highest BCUT2D eigenvalue weighted by molar-refractivity contribution is 6.07. The molecule has 0 radical (unpaired) electrons. The predicted molar refractivity (Wildman–Crippen MR) is 76.4 cm³/mol. The van der Waals surface area contributed by atoms with E-state index in [0.29, 0.717) is 16.9 Å². The number of para-hydroxylation sites is 1. The Balaban J connectivity index is 2.36. The topological polar surface area (TPSA) is 66.6 Å². The summed E-state index contributed by atoms with van der Waals surface area (Å²) in [7, 11) is 1.65. The maximum atomic E-state index is 12.4. The summed E-state index contributed by atoms with van der Waals surface area (Å²) in [6, 6.07) is 12.2. The maximum Gasteiger partial charge on any atom is 0.261 e. The molecule has 19 heavy (non-hydrogen) atoms. The second kappa shape index (κ2) is 5.02. The number of anilines is 2. The molecule has 2 aromatic carbocycles. The third-order valence-electron chi connectivity index (χ3n) is 3.03. The fraction of sp³-hybridized carbons (Fsp3) is 0.133. The second-order valence-corrected chi connectivity index (χ2v) is 4.43. The molecule has 0 aliphatic carbocycles. The summed E-state index contributed by atoms with van der Waals surface area (Å²) in [4.78, 5) is 13.8. The van der Waals surface area contributed by atoms with Gasteiger partial charge in [-0.2, -0.15) is 0 Å². The molecular formula is C15H16N2O2. The van der Waals surface area contributed by atoms with E-state index < -0.39 is 0 Å². The largest absolute Gasteiger partial charge is 0.507 e. The summed E-state index contributed by atoms with van der Waals surface area (Å²) < 4.78 is 0. The van der Waals surface area contributed by atoms with Crippen LogP contribution in [-0.4, -0.2) is 18.1 Å². The minimum absolute atomic E-state index is 0.0169. The number of nitrogens with zero attached hydrogens (tertiary/aromatic N) is 1. The first-order chi connectivity index (χ1) is 9.00. The predicted octanol–water partition coefficient (Wildman–Crippen LogP) is 2.56. The highest BCUT2D eigenvalue weighted by Gasteiger charge is 2.17. The zero-order valence-electron chi connectivity index (χ0n) is 10.9. The number of carbonyl (C=O) groups excluding carboxylic acids is 1. The lowest BCUT2D eigenvalue weighted by atomic mass is 10.1. The van der Waals surface area contributed by atoms with Crippen molar-refractivity contribution in [1.29, 1.82) is 0 Å². The number of amides is 1. The molecule has 0 fully saturated rings. The summed E-state index contributed by atoms with van der Waals surface area (Å²) >= 11 is 0. The van der Waals surface area contributed by atoms with Crippen LogP contribution in [0.5, 0.6) is 5.75 Å². The lowest BCUT2D eigenvalue weighted by Crippen LogP contribution is -2.26. The molecule has 2 aromatic rings. The second-order valence-electron chi connectivity index (χ2n) is 4.43. The Morgan fingerprint density at radius 3 is 2.58 bits per heavy atom. The lowest BCUT2D eigenvalue weighted by molar-refractivity contribution is 0.0990. The monoisotopic (exact) mass is 256 g/mol. The Bertz CT molecular complexity index is 623. The molecule has 0 aliphatic heterocycles. The number of nitrogens with two attached hydrogens (primary N) is 1. The van der Waals surface area contributed by atoms with E-state index in [4.69, 9.17) is 5.73 Å². The molecule has 4 nitrogen and oxygen atoms in total. The molecule has 0 spiro atoms. The number of phenolic OH excluding ortho intramolecular Hbond substituents is 1. The standard InChI is InChI=1S/C15H16N2O2/c1-10-5-3-8-13(14(10)18)15(19)17(2)12-7-4-6-11(16)9-12/h3-9,18H,16H2,1-2H3. The molecule has 0 bridgehead atoms. The van der Waals surface area contributed by atoms with Gasteiger partial charge in [-0.05, 0) is 36.8 Å². The van der Waals surface area contributed by atoms with E-state index in [0.717, 1.165) is 0 Å². The Morgan fingerprint density at radius 1 is 1.21 bits per heavy atom. The first-order valence-corrected chi connectivity index (χ1v) is 5.93. The van der Waals surface area contributed by atoms with Crippen LogP contribution in [0.4, 0.5) is 11.4 Å². The van der Waals surface area contributed by atoms with Crippen molar-refractivity contribution in [2.75, 3.05) is 17.7 Å². The normalized spacial score (nSPS) is 10.2. The van der Waals surface area contributed by atoms with Gasteiger partial charge in [0.1, 0.15) is 5.75 Å². The van der Waals surface area contributed by atoms with Crippen LogP contribution < -0.4 is 10.6 Å². The molecule has 0 saturated carbocycles. The van der Waals surface area contributed by atoms with E-state index in [1.807, 2.05) is 0 Å². The van der Waals surface area contributed by atoms with Gasteiger partial charge in [0.15, 0.2) is 0 Å². The third kappa shape index (κ3) is 2.52. The molecule has 98 valence electrons. The number of rotatable bonds is 2. The van der Waals surface area contributed by atoms with Crippen LogP contribution >= 0.6 is 0 Å². The van der Waals surface area contributed by atoms with Crippen LogP contribution in [0.1, 0.15) is 15.9 Å². The van der Waals surface area contributed by atoms with Crippen molar-refractivity contribution in [3.63, 3.8) is 0 Å². The highest BCUT2D eigenvalue weighted by atomic mass is 16.3. The van der Waals surface area contributed by atoms with Gasteiger partial charge in [0.25, 0.3) is 5.91 Å². The molecular weight excluding hydrogens is 240 g/mol. The first kappa shape index (κ1) is 13.0. The van der Waals surface area contributed by atoms with E-state index in [1.54, 1.807) is 56.4 Å². The van der Waals surface area contributed by atoms with E-state index in [1.165, 1.54) is 4.90 Å². The van der Waals surface area contributed by atoms with Crippen molar-refractivity contribution in [3.8, 4) is 5.75 Å². The fourth-order valence-electron chi connectivity index (χ4n) is 1.86. The van der Waals surface area contributed by atoms with Gasteiger partial charge in [0.2, 0.25) is 0 Å². The summed E-state index contributed by atoms with van der Waals surface area (Å²) in [5.41, 5.74) is 7.93. The van der Waals surface area contributed by atoms with Gasteiger partial charge in [-0.15, -0.1) is 0 Å². The average molecular weight is 256 g/mol.